The highest BCUT2D eigenvalue weighted by Crippen LogP contribution is 2.40. The van der Waals surface area contributed by atoms with Crippen molar-refractivity contribution in [2.45, 2.75) is 26.1 Å². The monoisotopic (exact) mass is 402 g/mol. The summed E-state index contributed by atoms with van der Waals surface area (Å²) >= 11 is 0. The van der Waals surface area contributed by atoms with E-state index in [1.165, 1.54) is 19.2 Å². The van der Waals surface area contributed by atoms with Crippen LogP contribution in [0.1, 0.15) is 23.7 Å². The largest absolute Gasteiger partial charge is 0.496 e. The fourth-order valence-corrected chi connectivity index (χ4v) is 3.69. The molecule has 1 atom stereocenters. The molecular formula is C21H21F3N4O. The number of hydrazine groups is 1. The first kappa shape index (κ1) is 19.2. The van der Waals surface area contributed by atoms with E-state index in [2.05, 4.69) is 22.3 Å². The standard InChI is InChI=1S/C21H21F3N4O/c1-13-8-15(6-7-25-13)17-10-26-28-14(2)11-27(12-19(17)28)16-4-5-18(21(22,23)24)20(9-16)29-3/h4-10,12,14,26H,11H2,1-3H3/t14-/m0/s1. The molecular weight excluding hydrogens is 381 g/mol. The fourth-order valence-electron chi connectivity index (χ4n) is 3.69. The van der Waals surface area contributed by atoms with E-state index in [0.29, 0.717) is 12.2 Å². The Labute approximate surface area is 167 Å². The maximum absolute atomic E-state index is 13.2. The maximum Gasteiger partial charge on any atom is 0.419 e. The topological polar surface area (TPSA) is 40.6 Å². The Morgan fingerprint density at radius 1 is 1.21 bits per heavy atom. The molecule has 29 heavy (non-hydrogen) atoms. The van der Waals surface area contributed by atoms with E-state index in [4.69, 9.17) is 4.74 Å². The molecule has 3 heterocycles. The van der Waals surface area contributed by atoms with Crippen LogP contribution in [-0.2, 0) is 6.18 Å². The lowest BCUT2D eigenvalue weighted by atomic mass is 10.0. The first-order valence-electron chi connectivity index (χ1n) is 9.20. The summed E-state index contributed by atoms with van der Waals surface area (Å²) in [4.78, 5) is 6.20. The summed E-state index contributed by atoms with van der Waals surface area (Å²) in [6.07, 6.45) is 1.19. The number of pyridine rings is 1. The molecule has 1 aromatic heterocycles. The van der Waals surface area contributed by atoms with Gasteiger partial charge in [-0.25, -0.2) is 0 Å². The third-order valence-electron chi connectivity index (χ3n) is 5.09. The number of fused-ring (bicyclic) bond motifs is 1. The summed E-state index contributed by atoms with van der Waals surface area (Å²) in [5, 5.41) is 2.06. The van der Waals surface area contributed by atoms with Crippen LogP contribution < -0.4 is 15.1 Å². The summed E-state index contributed by atoms with van der Waals surface area (Å²) < 4.78 is 44.6. The number of benzene rings is 1. The van der Waals surface area contributed by atoms with E-state index in [0.717, 1.165) is 28.6 Å². The molecule has 0 unspecified atom stereocenters. The summed E-state index contributed by atoms with van der Waals surface area (Å²) in [6.45, 7) is 4.60. The van der Waals surface area contributed by atoms with Crippen molar-refractivity contribution < 1.29 is 17.9 Å². The van der Waals surface area contributed by atoms with Crippen molar-refractivity contribution in [1.29, 1.82) is 0 Å². The van der Waals surface area contributed by atoms with E-state index in [9.17, 15) is 13.2 Å². The predicted molar refractivity (Wildman–Crippen MR) is 105 cm³/mol. The normalized spacial score (nSPS) is 18.8. The second kappa shape index (κ2) is 7.02. The number of hydrogen-bond donors (Lipinski definition) is 1. The van der Waals surface area contributed by atoms with Gasteiger partial charge in [-0.3, -0.25) is 9.99 Å². The average molecular weight is 402 g/mol. The number of aryl methyl sites for hydroxylation is 1. The number of halogens is 3. The average Bonchev–Trinajstić information content (AvgIpc) is 3.11. The SMILES string of the molecule is COc1cc(N2C=C3C(c4ccnc(C)c4)=CNN3[C@@H](C)C2)ccc1C(F)(F)F. The molecule has 0 saturated carbocycles. The highest BCUT2D eigenvalue weighted by molar-refractivity contribution is 5.81. The predicted octanol–water partition coefficient (Wildman–Crippen LogP) is 4.33. The Morgan fingerprint density at radius 2 is 2.00 bits per heavy atom. The van der Waals surface area contributed by atoms with E-state index in [1.807, 2.05) is 36.4 Å². The quantitative estimate of drug-likeness (QED) is 0.828. The van der Waals surface area contributed by atoms with Gasteiger partial charge in [0, 0.05) is 48.2 Å². The van der Waals surface area contributed by atoms with Crippen LogP contribution in [0.15, 0.2) is 54.6 Å². The highest BCUT2D eigenvalue weighted by Gasteiger charge is 2.35. The van der Waals surface area contributed by atoms with Crippen molar-refractivity contribution in [3.8, 4) is 5.75 Å². The van der Waals surface area contributed by atoms with Gasteiger partial charge < -0.3 is 15.1 Å². The summed E-state index contributed by atoms with van der Waals surface area (Å²) in [6, 6.07) is 8.02. The molecule has 0 aliphatic carbocycles. The first-order valence-corrected chi connectivity index (χ1v) is 9.20. The molecule has 0 amide bonds. The molecule has 8 heteroatoms. The summed E-state index contributed by atoms with van der Waals surface area (Å²) in [5.41, 5.74) is 7.04. The number of anilines is 1. The number of hydrogen-bond acceptors (Lipinski definition) is 5. The van der Waals surface area contributed by atoms with Crippen molar-refractivity contribution in [3.63, 3.8) is 0 Å². The minimum atomic E-state index is -4.46. The zero-order valence-electron chi connectivity index (χ0n) is 16.3. The second-order valence-corrected chi connectivity index (χ2v) is 7.14. The molecule has 0 radical (unpaired) electrons. The second-order valence-electron chi connectivity index (χ2n) is 7.14. The molecule has 5 nitrogen and oxygen atoms in total. The van der Waals surface area contributed by atoms with Crippen LogP contribution in [0.25, 0.3) is 5.57 Å². The molecule has 2 aliphatic rings. The summed E-state index contributed by atoms with van der Waals surface area (Å²) in [5.74, 6) is -0.187. The van der Waals surface area contributed by atoms with Crippen molar-refractivity contribution in [3.05, 3.63) is 71.4 Å². The number of alkyl halides is 3. The van der Waals surface area contributed by atoms with Crippen LogP contribution in [0.3, 0.4) is 0 Å². The molecule has 1 aromatic carbocycles. The van der Waals surface area contributed by atoms with Gasteiger partial charge in [0.25, 0.3) is 0 Å². The summed E-state index contributed by atoms with van der Waals surface area (Å²) in [7, 11) is 1.25. The van der Waals surface area contributed by atoms with E-state index < -0.39 is 11.7 Å². The molecule has 2 aromatic rings. The van der Waals surface area contributed by atoms with Gasteiger partial charge in [0.15, 0.2) is 0 Å². The van der Waals surface area contributed by atoms with Gasteiger partial charge in [-0.15, -0.1) is 0 Å². The van der Waals surface area contributed by atoms with Gasteiger partial charge in [0.1, 0.15) is 5.75 Å². The van der Waals surface area contributed by atoms with Crippen molar-refractivity contribution in [1.82, 2.24) is 15.4 Å². The molecule has 2 aliphatic heterocycles. The number of aromatic nitrogens is 1. The van der Waals surface area contributed by atoms with Gasteiger partial charge >= 0.3 is 6.18 Å². The van der Waals surface area contributed by atoms with Crippen LogP contribution in [0, 0.1) is 6.92 Å². The zero-order chi connectivity index (χ0) is 20.8. The number of allylic oxidation sites excluding steroid dienone is 1. The first-order chi connectivity index (χ1) is 13.8. The van der Waals surface area contributed by atoms with Gasteiger partial charge in [-0.1, -0.05) is 0 Å². The van der Waals surface area contributed by atoms with Crippen molar-refractivity contribution in [2.75, 3.05) is 18.6 Å². The Balaban J connectivity index is 1.72. The third-order valence-corrected chi connectivity index (χ3v) is 5.09. The van der Waals surface area contributed by atoms with Gasteiger partial charge in [0.2, 0.25) is 0 Å². The van der Waals surface area contributed by atoms with E-state index >= 15 is 0 Å². The number of rotatable bonds is 3. The molecule has 1 N–H and O–H groups in total. The van der Waals surface area contributed by atoms with Gasteiger partial charge in [-0.05, 0) is 43.7 Å². The lowest BCUT2D eigenvalue weighted by Crippen LogP contribution is -2.47. The number of ether oxygens (including phenoxy) is 1. The molecule has 4 rings (SSSR count). The number of nitrogens with one attached hydrogen (secondary N) is 1. The lowest BCUT2D eigenvalue weighted by molar-refractivity contribution is -0.138. The van der Waals surface area contributed by atoms with E-state index in [-0.39, 0.29) is 11.8 Å². The molecule has 0 spiro atoms. The zero-order valence-corrected chi connectivity index (χ0v) is 16.3. The Bertz CT molecular complexity index is 1000. The third kappa shape index (κ3) is 3.50. The highest BCUT2D eigenvalue weighted by atomic mass is 19.4. The lowest BCUT2D eigenvalue weighted by Gasteiger charge is -2.38. The Hall–Kier alpha value is -3.16. The molecule has 0 fully saturated rings. The molecule has 152 valence electrons. The van der Waals surface area contributed by atoms with Crippen molar-refractivity contribution >= 4 is 11.3 Å². The minimum Gasteiger partial charge on any atom is -0.496 e. The van der Waals surface area contributed by atoms with Crippen LogP contribution in [0.5, 0.6) is 5.75 Å². The Morgan fingerprint density at radius 3 is 2.69 bits per heavy atom. The number of methoxy groups -OCH3 is 1. The van der Waals surface area contributed by atoms with Gasteiger partial charge in [0.05, 0.1) is 24.4 Å². The van der Waals surface area contributed by atoms with Crippen LogP contribution >= 0.6 is 0 Å². The Kier molecular flexibility index (Phi) is 4.64. The van der Waals surface area contributed by atoms with Gasteiger partial charge in [-0.2, -0.15) is 13.2 Å². The maximum atomic E-state index is 13.2. The van der Waals surface area contributed by atoms with Crippen LogP contribution in [-0.4, -0.2) is 29.7 Å². The van der Waals surface area contributed by atoms with Crippen LogP contribution in [0.4, 0.5) is 18.9 Å². The van der Waals surface area contributed by atoms with E-state index in [1.54, 1.807) is 6.20 Å². The fraction of sp³-hybridized carbons (Fsp3) is 0.286. The van der Waals surface area contributed by atoms with Crippen LogP contribution in [0.2, 0.25) is 0 Å². The number of nitrogens with zero attached hydrogens (tertiary/aromatic N) is 3. The van der Waals surface area contributed by atoms with Crippen molar-refractivity contribution in [2.24, 2.45) is 0 Å². The minimum absolute atomic E-state index is 0.0972. The molecule has 0 saturated heterocycles. The molecule has 0 bridgehead atoms. The smallest absolute Gasteiger partial charge is 0.419 e.